The zero-order valence-corrected chi connectivity index (χ0v) is 14.3. The molecular formula is C17H16FNO5S. The number of halogens is 1. The number of anilines is 1. The predicted octanol–water partition coefficient (Wildman–Crippen LogP) is 2.41. The Balaban J connectivity index is 2.11. The van der Waals surface area contributed by atoms with Gasteiger partial charge in [-0.25, -0.2) is 17.6 Å². The van der Waals surface area contributed by atoms with Gasteiger partial charge >= 0.3 is 5.97 Å². The third kappa shape index (κ3) is 4.87. The van der Waals surface area contributed by atoms with E-state index in [2.05, 4.69) is 5.32 Å². The molecule has 25 heavy (non-hydrogen) atoms. The van der Waals surface area contributed by atoms with Crippen LogP contribution in [0.25, 0.3) is 0 Å². The summed E-state index contributed by atoms with van der Waals surface area (Å²) in [6, 6.07) is 10.8. The minimum Gasteiger partial charge on any atom is -0.449 e. The van der Waals surface area contributed by atoms with Crippen LogP contribution in [0.1, 0.15) is 17.3 Å². The Kier molecular flexibility index (Phi) is 5.53. The largest absolute Gasteiger partial charge is 0.449 e. The first-order valence-electron chi connectivity index (χ1n) is 7.25. The number of hydrogen-bond donors (Lipinski definition) is 1. The summed E-state index contributed by atoms with van der Waals surface area (Å²) in [6.45, 7) is 1.33. The van der Waals surface area contributed by atoms with E-state index in [1.54, 1.807) is 0 Å². The molecule has 0 saturated heterocycles. The Bertz CT molecular complexity index is 911. The molecule has 2 rings (SSSR count). The average Bonchev–Trinajstić information content (AvgIpc) is 2.54. The molecular weight excluding hydrogens is 349 g/mol. The van der Waals surface area contributed by atoms with Gasteiger partial charge in [-0.2, -0.15) is 0 Å². The Morgan fingerprint density at radius 2 is 1.80 bits per heavy atom. The Labute approximate surface area is 144 Å². The number of amides is 1. The van der Waals surface area contributed by atoms with Gasteiger partial charge in [0.25, 0.3) is 5.91 Å². The van der Waals surface area contributed by atoms with Crippen molar-refractivity contribution in [2.45, 2.75) is 17.9 Å². The van der Waals surface area contributed by atoms with Gasteiger partial charge in [-0.3, -0.25) is 4.79 Å². The minimum atomic E-state index is -3.63. The van der Waals surface area contributed by atoms with Crippen LogP contribution in [-0.2, 0) is 19.4 Å². The molecule has 2 aromatic carbocycles. The minimum absolute atomic E-state index is 0.157. The van der Waals surface area contributed by atoms with E-state index in [-0.39, 0.29) is 16.1 Å². The molecule has 132 valence electrons. The van der Waals surface area contributed by atoms with E-state index in [0.717, 1.165) is 12.3 Å². The third-order valence-electron chi connectivity index (χ3n) is 3.25. The summed E-state index contributed by atoms with van der Waals surface area (Å²) in [5, 5.41) is 2.41. The number of carbonyl (C=O) groups is 2. The fourth-order valence-electron chi connectivity index (χ4n) is 2.05. The molecule has 1 amide bonds. The second-order valence-electron chi connectivity index (χ2n) is 5.32. The first-order valence-corrected chi connectivity index (χ1v) is 9.14. The van der Waals surface area contributed by atoms with Gasteiger partial charge < -0.3 is 10.1 Å². The maximum absolute atomic E-state index is 13.1. The Hall–Kier alpha value is -2.74. The van der Waals surface area contributed by atoms with Crippen LogP contribution in [0.5, 0.6) is 0 Å². The number of carbonyl (C=O) groups excluding carboxylic acids is 2. The molecule has 0 unspecified atom stereocenters. The van der Waals surface area contributed by atoms with Gasteiger partial charge in [-0.15, -0.1) is 0 Å². The van der Waals surface area contributed by atoms with Crippen molar-refractivity contribution in [2.75, 3.05) is 11.6 Å². The lowest BCUT2D eigenvalue weighted by Gasteiger charge is -2.14. The van der Waals surface area contributed by atoms with E-state index in [1.165, 1.54) is 49.4 Å². The molecule has 0 heterocycles. The van der Waals surface area contributed by atoms with Crippen LogP contribution in [0, 0.1) is 5.82 Å². The van der Waals surface area contributed by atoms with Gasteiger partial charge in [0.1, 0.15) is 5.82 Å². The molecule has 0 radical (unpaired) electrons. The van der Waals surface area contributed by atoms with Gasteiger partial charge in [0.15, 0.2) is 15.9 Å². The summed E-state index contributed by atoms with van der Waals surface area (Å²) in [4.78, 5) is 24.1. The molecule has 0 saturated carbocycles. The summed E-state index contributed by atoms with van der Waals surface area (Å²) in [7, 11) is -3.63. The van der Waals surface area contributed by atoms with Gasteiger partial charge in [0, 0.05) is 11.9 Å². The van der Waals surface area contributed by atoms with Crippen LogP contribution in [0.15, 0.2) is 53.4 Å². The van der Waals surface area contributed by atoms with Crippen molar-refractivity contribution >= 4 is 27.4 Å². The van der Waals surface area contributed by atoms with Crippen LogP contribution >= 0.6 is 0 Å². The number of nitrogens with one attached hydrogen (secondary N) is 1. The summed E-state index contributed by atoms with van der Waals surface area (Å²) in [5.74, 6) is -2.14. The molecule has 0 aliphatic rings. The highest BCUT2D eigenvalue weighted by Crippen LogP contribution is 2.17. The zero-order valence-electron chi connectivity index (χ0n) is 13.5. The van der Waals surface area contributed by atoms with Crippen LogP contribution in [0.2, 0.25) is 0 Å². The van der Waals surface area contributed by atoms with Crippen molar-refractivity contribution in [1.29, 1.82) is 0 Å². The number of esters is 1. The van der Waals surface area contributed by atoms with Crippen molar-refractivity contribution in [3.63, 3.8) is 0 Å². The fourth-order valence-corrected chi connectivity index (χ4v) is 2.92. The second-order valence-corrected chi connectivity index (χ2v) is 7.30. The Morgan fingerprint density at radius 3 is 2.44 bits per heavy atom. The molecule has 0 aromatic heterocycles. The van der Waals surface area contributed by atoms with Crippen molar-refractivity contribution in [2.24, 2.45) is 0 Å². The first-order chi connectivity index (χ1) is 11.7. The summed E-state index contributed by atoms with van der Waals surface area (Å²) >= 11 is 0. The second kappa shape index (κ2) is 7.43. The fraction of sp³-hybridized carbons (Fsp3) is 0.176. The molecule has 1 N–H and O–H groups in total. The van der Waals surface area contributed by atoms with Crippen molar-refractivity contribution in [3.05, 3.63) is 59.9 Å². The lowest BCUT2D eigenvalue weighted by Crippen LogP contribution is -2.30. The van der Waals surface area contributed by atoms with E-state index in [0.29, 0.717) is 0 Å². The lowest BCUT2D eigenvalue weighted by atomic mass is 10.2. The summed E-state index contributed by atoms with van der Waals surface area (Å²) in [5.41, 5.74) is 0.0554. The third-order valence-corrected chi connectivity index (χ3v) is 4.41. The monoisotopic (exact) mass is 365 g/mol. The predicted molar refractivity (Wildman–Crippen MR) is 89.5 cm³/mol. The average molecular weight is 365 g/mol. The highest BCUT2D eigenvalue weighted by atomic mass is 32.2. The van der Waals surface area contributed by atoms with Crippen LogP contribution in [0.4, 0.5) is 10.1 Å². The topological polar surface area (TPSA) is 89.5 Å². The van der Waals surface area contributed by atoms with E-state index >= 15 is 0 Å². The van der Waals surface area contributed by atoms with E-state index in [1.807, 2.05) is 0 Å². The van der Waals surface area contributed by atoms with Gasteiger partial charge in [-0.1, -0.05) is 18.2 Å². The lowest BCUT2D eigenvalue weighted by molar-refractivity contribution is -0.123. The molecule has 0 spiro atoms. The molecule has 1 atom stereocenters. The standard InChI is InChI=1S/C17H16FNO5S/c1-11(16(20)19-13-7-5-6-12(18)10-13)24-17(21)14-8-3-4-9-15(14)25(2,22)23/h3-11H,1-2H3,(H,19,20)/t11-/m1/s1. The molecule has 0 aliphatic carbocycles. The highest BCUT2D eigenvalue weighted by Gasteiger charge is 2.23. The SMILES string of the molecule is C[C@@H](OC(=O)c1ccccc1S(C)(=O)=O)C(=O)Nc1cccc(F)c1. The number of hydrogen-bond acceptors (Lipinski definition) is 5. The first kappa shape index (κ1) is 18.6. The van der Waals surface area contributed by atoms with Crippen molar-refractivity contribution < 1.29 is 27.1 Å². The van der Waals surface area contributed by atoms with Crippen molar-refractivity contribution in [1.82, 2.24) is 0 Å². The number of ether oxygens (including phenoxy) is 1. The van der Waals surface area contributed by atoms with Crippen molar-refractivity contribution in [3.8, 4) is 0 Å². The Morgan fingerprint density at radius 1 is 1.12 bits per heavy atom. The molecule has 8 heteroatoms. The van der Waals surface area contributed by atoms with Gasteiger partial charge in [-0.05, 0) is 37.3 Å². The summed E-state index contributed by atoms with van der Waals surface area (Å²) < 4.78 is 41.6. The number of rotatable bonds is 5. The van der Waals surface area contributed by atoms with Gasteiger partial charge in [0.05, 0.1) is 10.5 Å². The maximum atomic E-state index is 13.1. The molecule has 0 fully saturated rings. The van der Waals surface area contributed by atoms with Gasteiger partial charge in [0.2, 0.25) is 0 Å². The van der Waals surface area contributed by atoms with E-state index in [4.69, 9.17) is 4.74 Å². The van der Waals surface area contributed by atoms with Crippen LogP contribution < -0.4 is 5.32 Å². The van der Waals surface area contributed by atoms with Crippen LogP contribution in [0.3, 0.4) is 0 Å². The highest BCUT2D eigenvalue weighted by molar-refractivity contribution is 7.90. The summed E-state index contributed by atoms with van der Waals surface area (Å²) in [6.07, 6.45) is -0.234. The molecule has 2 aromatic rings. The normalized spacial score (nSPS) is 12.3. The maximum Gasteiger partial charge on any atom is 0.340 e. The quantitative estimate of drug-likeness (QED) is 0.822. The molecule has 0 aliphatic heterocycles. The smallest absolute Gasteiger partial charge is 0.340 e. The van der Waals surface area contributed by atoms with E-state index in [9.17, 15) is 22.4 Å². The van der Waals surface area contributed by atoms with Crippen LogP contribution in [-0.4, -0.2) is 32.7 Å². The molecule has 0 bridgehead atoms. The molecule has 6 nitrogen and oxygen atoms in total. The zero-order chi connectivity index (χ0) is 18.6. The number of benzene rings is 2. The number of sulfone groups is 1. The van der Waals surface area contributed by atoms with E-state index < -0.39 is 33.6 Å².